The summed E-state index contributed by atoms with van der Waals surface area (Å²) in [5.41, 5.74) is 12.7. The van der Waals surface area contributed by atoms with Crippen molar-refractivity contribution in [2.45, 2.75) is 19.9 Å². The van der Waals surface area contributed by atoms with Crippen molar-refractivity contribution < 1.29 is 9.53 Å². The fourth-order valence-corrected chi connectivity index (χ4v) is 2.65. The molecule has 3 rings (SSSR count). The van der Waals surface area contributed by atoms with Crippen molar-refractivity contribution in [2.24, 2.45) is 16.5 Å². The van der Waals surface area contributed by atoms with Crippen LogP contribution < -0.4 is 21.1 Å². The third-order valence-electron chi connectivity index (χ3n) is 3.56. The van der Waals surface area contributed by atoms with Gasteiger partial charge < -0.3 is 21.1 Å². The second-order valence-corrected chi connectivity index (χ2v) is 5.56. The Kier molecular flexibility index (Phi) is 3.65. The summed E-state index contributed by atoms with van der Waals surface area (Å²) in [6.45, 7) is 4.16. The number of carbonyl (C=O) groups is 1. The molecule has 1 aliphatic rings. The van der Waals surface area contributed by atoms with Gasteiger partial charge in [0.2, 0.25) is 0 Å². The highest BCUT2D eigenvalue weighted by Crippen LogP contribution is 2.47. The minimum Gasteiger partial charge on any atom is -0.453 e. The molecule has 118 valence electrons. The normalized spacial score (nSPS) is 12.2. The van der Waals surface area contributed by atoms with Gasteiger partial charge >= 0.3 is 0 Å². The Balaban J connectivity index is 2.10. The maximum atomic E-state index is 12.1. The highest BCUT2D eigenvalue weighted by molar-refractivity contribution is 6.03. The molecule has 1 amide bonds. The lowest BCUT2D eigenvalue weighted by Crippen LogP contribution is -2.28. The number of benzene rings is 2. The lowest BCUT2D eigenvalue weighted by molar-refractivity contribution is 0.100. The molecule has 0 radical (unpaired) electrons. The third-order valence-corrected chi connectivity index (χ3v) is 3.56. The quantitative estimate of drug-likeness (QED) is 0.657. The van der Waals surface area contributed by atoms with Gasteiger partial charge in [-0.1, -0.05) is 12.1 Å². The van der Waals surface area contributed by atoms with Crippen molar-refractivity contribution >= 4 is 23.2 Å². The van der Waals surface area contributed by atoms with Gasteiger partial charge in [0.05, 0.1) is 11.4 Å². The van der Waals surface area contributed by atoms with Crippen LogP contribution in [0.5, 0.6) is 11.5 Å². The highest BCUT2D eigenvalue weighted by atomic mass is 16.5. The van der Waals surface area contributed by atoms with Gasteiger partial charge in [0, 0.05) is 11.6 Å². The van der Waals surface area contributed by atoms with Crippen molar-refractivity contribution in [2.75, 3.05) is 4.90 Å². The molecule has 23 heavy (non-hydrogen) atoms. The van der Waals surface area contributed by atoms with E-state index in [1.54, 1.807) is 18.2 Å². The first-order valence-corrected chi connectivity index (χ1v) is 7.31. The van der Waals surface area contributed by atoms with Gasteiger partial charge in [-0.2, -0.15) is 4.99 Å². The van der Waals surface area contributed by atoms with Crippen LogP contribution in [0.4, 0.5) is 11.4 Å². The van der Waals surface area contributed by atoms with Crippen molar-refractivity contribution in [3.8, 4) is 11.5 Å². The molecule has 4 N–H and O–H groups in total. The van der Waals surface area contributed by atoms with Gasteiger partial charge in [-0.05, 0) is 44.2 Å². The molecular formula is C17H18N4O2. The molecule has 0 unspecified atom stereocenters. The van der Waals surface area contributed by atoms with Crippen molar-refractivity contribution in [1.82, 2.24) is 0 Å². The first kappa shape index (κ1) is 14.9. The smallest absolute Gasteiger partial charge is 0.280 e. The molecule has 1 heterocycles. The number of nitrogens with two attached hydrogens (primary N) is 2. The molecule has 0 aromatic heterocycles. The fraction of sp³-hybridized carbons (Fsp3) is 0.176. The minimum absolute atomic E-state index is 0.187. The van der Waals surface area contributed by atoms with E-state index >= 15 is 0 Å². The van der Waals surface area contributed by atoms with E-state index in [0.717, 1.165) is 17.1 Å². The van der Waals surface area contributed by atoms with Gasteiger partial charge in [0.25, 0.3) is 5.91 Å². The third kappa shape index (κ3) is 2.70. The number of aliphatic imine (C=N–C) groups is 1. The molecule has 0 bridgehead atoms. The van der Waals surface area contributed by atoms with E-state index < -0.39 is 5.91 Å². The van der Waals surface area contributed by atoms with E-state index in [0.29, 0.717) is 11.3 Å². The molecule has 0 saturated heterocycles. The van der Waals surface area contributed by atoms with Crippen LogP contribution in [0.1, 0.15) is 24.2 Å². The zero-order valence-corrected chi connectivity index (χ0v) is 13.0. The Hall–Kier alpha value is -3.02. The zero-order chi connectivity index (χ0) is 16.6. The number of nitrogens with zero attached hydrogens (tertiary/aromatic N) is 2. The number of hydrogen-bond donors (Lipinski definition) is 2. The van der Waals surface area contributed by atoms with Crippen molar-refractivity contribution in [3.63, 3.8) is 0 Å². The van der Waals surface area contributed by atoms with Crippen molar-refractivity contribution in [1.29, 1.82) is 0 Å². The topological polar surface area (TPSA) is 93.9 Å². The number of amides is 1. The molecule has 2 aromatic carbocycles. The molecule has 0 fully saturated rings. The van der Waals surface area contributed by atoms with Gasteiger partial charge in [0.15, 0.2) is 17.5 Å². The molecule has 2 aromatic rings. The van der Waals surface area contributed by atoms with Gasteiger partial charge in [-0.25, -0.2) is 0 Å². The predicted molar refractivity (Wildman–Crippen MR) is 90.4 cm³/mol. The summed E-state index contributed by atoms with van der Waals surface area (Å²) in [5.74, 6) is 0.751. The summed E-state index contributed by atoms with van der Waals surface area (Å²) in [4.78, 5) is 17.8. The standard InChI is InChI=1S/C17H18N4O2/c1-10(2)21-12-5-3-4-6-14(12)23-15-8-7-11(9-13(15)21)16(22)20-17(18)19/h3-10H,1-2H3,(H4,18,19,20,22). The summed E-state index contributed by atoms with van der Waals surface area (Å²) in [7, 11) is 0. The highest BCUT2D eigenvalue weighted by Gasteiger charge is 2.27. The lowest BCUT2D eigenvalue weighted by Gasteiger charge is -2.35. The number of fused-ring (bicyclic) bond motifs is 2. The van der Waals surface area contributed by atoms with Gasteiger partial charge in [-0.15, -0.1) is 0 Å². The minimum atomic E-state index is -0.477. The number of guanidine groups is 1. The van der Waals surface area contributed by atoms with Crippen LogP contribution in [0.25, 0.3) is 0 Å². The van der Waals surface area contributed by atoms with E-state index in [-0.39, 0.29) is 12.0 Å². The summed E-state index contributed by atoms with van der Waals surface area (Å²) in [5, 5.41) is 0. The molecule has 0 spiro atoms. The first-order valence-electron chi connectivity index (χ1n) is 7.31. The average molecular weight is 310 g/mol. The summed E-state index contributed by atoms with van der Waals surface area (Å²) in [6, 6.07) is 13.1. The summed E-state index contributed by atoms with van der Waals surface area (Å²) >= 11 is 0. The van der Waals surface area contributed by atoms with Gasteiger partial charge in [-0.3, -0.25) is 4.79 Å². The van der Waals surface area contributed by atoms with Crippen LogP contribution in [0.3, 0.4) is 0 Å². The lowest BCUT2D eigenvalue weighted by atomic mass is 10.1. The Morgan fingerprint density at radius 2 is 1.78 bits per heavy atom. The van der Waals surface area contributed by atoms with Gasteiger partial charge in [0.1, 0.15) is 0 Å². The van der Waals surface area contributed by atoms with Crippen LogP contribution in [0.2, 0.25) is 0 Å². The Morgan fingerprint density at radius 1 is 1.09 bits per heavy atom. The maximum Gasteiger partial charge on any atom is 0.280 e. The first-order chi connectivity index (χ1) is 11.0. The van der Waals surface area contributed by atoms with Crippen LogP contribution in [-0.2, 0) is 0 Å². The Labute approximate surface area is 134 Å². The number of anilines is 2. The monoisotopic (exact) mass is 310 g/mol. The van der Waals surface area contributed by atoms with E-state index in [1.807, 2.05) is 24.3 Å². The SMILES string of the molecule is CC(C)N1c2ccccc2Oc2ccc(C(=O)N=C(N)N)cc21. The van der Waals surface area contributed by atoms with Crippen LogP contribution >= 0.6 is 0 Å². The molecule has 6 nitrogen and oxygen atoms in total. The largest absolute Gasteiger partial charge is 0.453 e. The number of rotatable bonds is 2. The van der Waals surface area contributed by atoms with Crippen LogP contribution in [0, 0.1) is 0 Å². The summed E-state index contributed by atoms with van der Waals surface area (Å²) in [6.07, 6.45) is 0. The number of para-hydroxylation sites is 2. The average Bonchev–Trinajstić information content (AvgIpc) is 2.50. The number of hydrogen-bond acceptors (Lipinski definition) is 3. The van der Waals surface area contributed by atoms with Crippen LogP contribution in [0.15, 0.2) is 47.5 Å². The Morgan fingerprint density at radius 3 is 2.48 bits per heavy atom. The van der Waals surface area contributed by atoms with E-state index in [1.165, 1.54) is 0 Å². The van der Waals surface area contributed by atoms with E-state index in [2.05, 4.69) is 23.7 Å². The van der Waals surface area contributed by atoms with E-state index in [4.69, 9.17) is 16.2 Å². The predicted octanol–water partition coefficient (Wildman–Crippen LogP) is 2.75. The second kappa shape index (κ2) is 5.64. The van der Waals surface area contributed by atoms with E-state index in [9.17, 15) is 4.79 Å². The maximum absolute atomic E-state index is 12.1. The fourth-order valence-electron chi connectivity index (χ4n) is 2.65. The molecular weight excluding hydrogens is 292 g/mol. The molecule has 0 aliphatic carbocycles. The molecule has 6 heteroatoms. The van der Waals surface area contributed by atoms with Crippen LogP contribution in [-0.4, -0.2) is 17.9 Å². The molecule has 0 saturated carbocycles. The second-order valence-electron chi connectivity index (χ2n) is 5.56. The Bertz CT molecular complexity index is 795. The molecule has 0 atom stereocenters. The number of carbonyl (C=O) groups excluding carboxylic acids is 1. The summed E-state index contributed by atoms with van der Waals surface area (Å²) < 4.78 is 5.94. The van der Waals surface area contributed by atoms with Crippen molar-refractivity contribution in [3.05, 3.63) is 48.0 Å². The number of ether oxygens (including phenoxy) is 1. The zero-order valence-electron chi connectivity index (χ0n) is 13.0. The molecule has 1 aliphatic heterocycles.